The summed E-state index contributed by atoms with van der Waals surface area (Å²) in [4.78, 5) is 7.47. The average Bonchev–Trinajstić information content (AvgIpc) is 2.77. The normalized spacial score (nSPS) is 19.9. The lowest BCUT2D eigenvalue weighted by Crippen LogP contribution is -2.60. The molecule has 3 rings (SSSR count). The van der Waals surface area contributed by atoms with Crippen molar-refractivity contribution >= 4 is 29.9 Å². The molecule has 1 saturated carbocycles. The van der Waals surface area contributed by atoms with E-state index < -0.39 is 0 Å². The summed E-state index contributed by atoms with van der Waals surface area (Å²) in [6, 6.07) is 8.12. The molecule has 0 aromatic heterocycles. The molecule has 0 atom stereocenters. The van der Waals surface area contributed by atoms with Crippen LogP contribution in [-0.2, 0) is 11.3 Å². The van der Waals surface area contributed by atoms with Crippen molar-refractivity contribution in [3.05, 3.63) is 29.8 Å². The molecule has 0 amide bonds. The molecule has 6 nitrogen and oxygen atoms in total. The third-order valence-electron chi connectivity index (χ3n) is 5.97. The molecule has 7 heteroatoms. The summed E-state index contributed by atoms with van der Waals surface area (Å²) in [5.74, 6) is 1.78. The molecule has 1 aliphatic heterocycles. The number of nitrogens with one attached hydrogen (secondary N) is 2. The molecule has 29 heavy (non-hydrogen) atoms. The number of nitrogens with zero attached hydrogens (tertiary/aromatic N) is 2. The lowest BCUT2D eigenvalue weighted by Gasteiger charge is -2.48. The van der Waals surface area contributed by atoms with Crippen LogP contribution < -0.4 is 15.4 Å². The summed E-state index contributed by atoms with van der Waals surface area (Å²) >= 11 is 0. The van der Waals surface area contributed by atoms with Crippen LogP contribution in [-0.4, -0.2) is 62.9 Å². The van der Waals surface area contributed by atoms with Gasteiger partial charge in [-0.05, 0) is 37.5 Å². The smallest absolute Gasteiger partial charge is 0.191 e. The number of morpholine rings is 1. The number of ether oxygens (including phenoxy) is 2. The highest BCUT2D eigenvalue weighted by atomic mass is 127. The molecule has 0 radical (unpaired) electrons. The first-order valence-corrected chi connectivity index (χ1v) is 10.7. The maximum Gasteiger partial charge on any atom is 0.191 e. The second-order valence-corrected chi connectivity index (χ2v) is 7.78. The molecule has 2 aliphatic rings. The summed E-state index contributed by atoms with van der Waals surface area (Å²) in [5.41, 5.74) is 1.41. The number of guanidine groups is 1. The fourth-order valence-corrected chi connectivity index (χ4v) is 4.34. The summed E-state index contributed by atoms with van der Waals surface area (Å²) in [5, 5.41) is 7.06. The topological polar surface area (TPSA) is 58.1 Å². The van der Waals surface area contributed by atoms with Crippen molar-refractivity contribution in [1.82, 2.24) is 15.5 Å². The predicted octanol–water partition coefficient (Wildman–Crippen LogP) is 3.40. The molecule has 0 spiro atoms. The van der Waals surface area contributed by atoms with Gasteiger partial charge in [-0.3, -0.25) is 4.90 Å². The number of rotatable bonds is 7. The molecule has 0 bridgehead atoms. The van der Waals surface area contributed by atoms with Crippen molar-refractivity contribution in [3.63, 3.8) is 0 Å². The van der Waals surface area contributed by atoms with Crippen molar-refractivity contribution in [2.75, 3.05) is 46.5 Å². The predicted molar refractivity (Wildman–Crippen MR) is 129 cm³/mol. The zero-order chi connectivity index (χ0) is 19.7. The molecule has 1 heterocycles. The zero-order valence-electron chi connectivity index (χ0n) is 17.9. The summed E-state index contributed by atoms with van der Waals surface area (Å²) in [6.07, 6.45) is 6.52. The maximum atomic E-state index is 5.60. The van der Waals surface area contributed by atoms with E-state index in [2.05, 4.69) is 34.6 Å². The van der Waals surface area contributed by atoms with Crippen LogP contribution in [0.15, 0.2) is 29.3 Å². The molecule has 1 aromatic carbocycles. The quantitative estimate of drug-likeness (QED) is 0.331. The lowest BCUT2D eigenvalue weighted by molar-refractivity contribution is -0.0352. The first-order valence-electron chi connectivity index (χ1n) is 10.7. The Morgan fingerprint density at radius 1 is 1.10 bits per heavy atom. The Balaban J connectivity index is 0.00000300. The third kappa shape index (κ3) is 7.00. The summed E-state index contributed by atoms with van der Waals surface area (Å²) in [7, 11) is 1.69. The standard InChI is InChI=1S/C22H36N4O2.HI/c1-3-23-21(24-17-19-7-9-20(27-2)10-8-19)25-18-22(11-5-4-6-12-22)26-13-15-28-16-14-26;/h7-10H,3-6,11-18H2,1-2H3,(H2,23,24,25);1H. The minimum Gasteiger partial charge on any atom is -0.497 e. The minimum atomic E-state index is 0. The van der Waals surface area contributed by atoms with E-state index >= 15 is 0 Å². The van der Waals surface area contributed by atoms with Crippen LogP contribution in [0.3, 0.4) is 0 Å². The van der Waals surface area contributed by atoms with Gasteiger partial charge in [0.05, 0.1) is 26.9 Å². The molecule has 2 N–H and O–H groups in total. The van der Waals surface area contributed by atoms with E-state index in [1.54, 1.807) is 7.11 Å². The van der Waals surface area contributed by atoms with E-state index in [0.717, 1.165) is 51.1 Å². The van der Waals surface area contributed by atoms with E-state index in [4.69, 9.17) is 14.5 Å². The van der Waals surface area contributed by atoms with Crippen LogP contribution in [0.1, 0.15) is 44.6 Å². The average molecular weight is 516 g/mol. The number of hydrogen-bond acceptors (Lipinski definition) is 4. The Kier molecular flexibility index (Phi) is 10.5. The number of hydrogen-bond donors (Lipinski definition) is 2. The van der Waals surface area contributed by atoms with E-state index in [9.17, 15) is 0 Å². The van der Waals surface area contributed by atoms with Gasteiger partial charge < -0.3 is 20.1 Å². The fraction of sp³-hybridized carbons (Fsp3) is 0.682. The third-order valence-corrected chi connectivity index (χ3v) is 5.97. The first-order chi connectivity index (χ1) is 13.8. The van der Waals surface area contributed by atoms with Crippen LogP contribution in [0, 0.1) is 0 Å². The highest BCUT2D eigenvalue weighted by Crippen LogP contribution is 2.33. The van der Waals surface area contributed by atoms with Crippen LogP contribution in [0.25, 0.3) is 0 Å². The van der Waals surface area contributed by atoms with Gasteiger partial charge in [0.2, 0.25) is 0 Å². The SMILES string of the molecule is CCNC(=NCc1ccc(OC)cc1)NCC1(N2CCOCC2)CCCCC1.I. The van der Waals surface area contributed by atoms with Crippen molar-refractivity contribution in [1.29, 1.82) is 0 Å². The van der Waals surface area contributed by atoms with Crippen molar-refractivity contribution in [2.45, 2.75) is 51.1 Å². The summed E-state index contributed by atoms with van der Waals surface area (Å²) in [6.45, 7) is 8.37. The fourth-order valence-electron chi connectivity index (χ4n) is 4.34. The van der Waals surface area contributed by atoms with Crippen LogP contribution in [0.5, 0.6) is 5.75 Å². The molecular weight excluding hydrogens is 479 g/mol. The van der Waals surface area contributed by atoms with E-state index in [1.165, 1.54) is 37.7 Å². The molecule has 1 aliphatic carbocycles. The second-order valence-electron chi connectivity index (χ2n) is 7.78. The van der Waals surface area contributed by atoms with Gasteiger partial charge in [-0.2, -0.15) is 0 Å². The van der Waals surface area contributed by atoms with Gasteiger partial charge in [-0.25, -0.2) is 4.99 Å². The van der Waals surface area contributed by atoms with Crippen LogP contribution >= 0.6 is 24.0 Å². The Bertz CT molecular complexity index is 612. The molecule has 0 unspecified atom stereocenters. The zero-order valence-corrected chi connectivity index (χ0v) is 20.2. The van der Waals surface area contributed by atoms with E-state index in [1.807, 2.05) is 12.1 Å². The Morgan fingerprint density at radius 2 is 1.79 bits per heavy atom. The van der Waals surface area contributed by atoms with Crippen molar-refractivity contribution in [2.24, 2.45) is 4.99 Å². The Labute approximate surface area is 192 Å². The lowest BCUT2D eigenvalue weighted by atomic mass is 9.80. The minimum absolute atomic E-state index is 0. The number of benzene rings is 1. The van der Waals surface area contributed by atoms with Gasteiger partial charge >= 0.3 is 0 Å². The summed E-state index contributed by atoms with van der Waals surface area (Å²) < 4.78 is 10.8. The van der Waals surface area contributed by atoms with Crippen LogP contribution in [0.2, 0.25) is 0 Å². The number of halogens is 1. The monoisotopic (exact) mass is 516 g/mol. The first kappa shape index (κ1) is 24.2. The highest BCUT2D eigenvalue weighted by molar-refractivity contribution is 14.0. The van der Waals surface area contributed by atoms with Gasteiger partial charge in [0, 0.05) is 31.7 Å². The van der Waals surface area contributed by atoms with Crippen molar-refractivity contribution in [3.8, 4) is 5.75 Å². The van der Waals surface area contributed by atoms with Crippen LogP contribution in [0.4, 0.5) is 0 Å². The highest BCUT2D eigenvalue weighted by Gasteiger charge is 2.38. The van der Waals surface area contributed by atoms with Gasteiger partial charge in [0.15, 0.2) is 5.96 Å². The molecular formula is C22H37IN4O2. The Morgan fingerprint density at radius 3 is 2.41 bits per heavy atom. The van der Waals surface area contributed by atoms with Gasteiger partial charge in [0.25, 0.3) is 0 Å². The largest absolute Gasteiger partial charge is 0.497 e. The Hall–Kier alpha value is -1.06. The van der Waals surface area contributed by atoms with E-state index in [-0.39, 0.29) is 29.5 Å². The van der Waals surface area contributed by atoms with E-state index in [0.29, 0.717) is 6.54 Å². The maximum absolute atomic E-state index is 5.60. The molecule has 164 valence electrons. The van der Waals surface area contributed by atoms with Gasteiger partial charge in [-0.1, -0.05) is 31.4 Å². The number of aliphatic imine (C=N–C) groups is 1. The second kappa shape index (κ2) is 12.6. The van der Waals surface area contributed by atoms with Gasteiger partial charge in [0.1, 0.15) is 5.75 Å². The van der Waals surface area contributed by atoms with Gasteiger partial charge in [-0.15, -0.1) is 24.0 Å². The molecule has 1 saturated heterocycles. The number of methoxy groups -OCH3 is 1. The molecule has 1 aromatic rings. The molecule has 2 fully saturated rings. The van der Waals surface area contributed by atoms with Crippen molar-refractivity contribution < 1.29 is 9.47 Å².